The van der Waals surface area contributed by atoms with Crippen LogP contribution in [0.15, 0.2) is 30.3 Å². The number of hydrogen-bond acceptors (Lipinski definition) is 1. The van der Waals surface area contributed by atoms with Gasteiger partial charge >= 0.3 is 6.03 Å². The van der Waals surface area contributed by atoms with Crippen molar-refractivity contribution in [3.63, 3.8) is 0 Å². The summed E-state index contributed by atoms with van der Waals surface area (Å²) in [5.41, 5.74) is 0.963. The zero-order valence-corrected chi connectivity index (χ0v) is 10.4. The van der Waals surface area contributed by atoms with Gasteiger partial charge in [-0.2, -0.15) is 0 Å². The molecule has 0 fully saturated rings. The molecule has 1 N–H and O–H groups in total. The molecule has 2 amide bonds. The van der Waals surface area contributed by atoms with Crippen LogP contribution < -0.4 is 5.32 Å². The summed E-state index contributed by atoms with van der Waals surface area (Å²) in [6, 6.07) is 9.67. The van der Waals surface area contributed by atoms with Crippen LogP contribution >= 0.6 is 0 Å². The molecule has 0 aliphatic rings. The van der Waals surface area contributed by atoms with E-state index in [9.17, 15) is 4.79 Å². The topological polar surface area (TPSA) is 32.3 Å². The molecule has 1 aromatic carbocycles. The molecule has 0 radical (unpaired) electrons. The molecule has 3 heteroatoms. The van der Waals surface area contributed by atoms with Gasteiger partial charge in [-0.05, 0) is 26.0 Å². The Bertz CT molecular complexity index is 399. The average Bonchev–Trinajstić information content (AvgIpc) is 2.37. The molecule has 0 unspecified atom stereocenters. The van der Waals surface area contributed by atoms with Crippen LogP contribution in [0, 0.1) is 11.8 Å². The lowest BCUT2D eigenvalue weighted by molar-refractivity contribution is 0.204. The highest BCUT2D eigenvalue weighted by atomic mass is 16.2. The Morgan fingerprint density at radius 2 is 1.88 bits per heavy atom. The number of nitrogens with zero attached hydrogens (tertiary/aromatic N) is 1. The third-order valence-corrected chi connectivity index (χ3v) is 2.39. The minimum Gasteiger partial charge on any atom is -0.327 e. The van der Waals surface area contributed by atoms with Gasteiger partial charge in [-0.25, -0.2) is 4.79 Å². The number of carbonyl (C=O) groups is 1. The van der Waals surface area contributed by atoms with Gasteiger partial charge in [0.2, 0.25) is 0 Å². The van der Waals surface area contributed by atoms with E-state index in [0.29, 0.717) is 19.6 Å². The third-order valence-electron chi connectivity index (χ3n) is 2.39. The van der Waals surface area contributed by atoms with Gasteiger partial charge in [0.1, 0.15) is 0 Å². The van der Waals surface area contributed by atoms with Gasteiger partial charge in [-0.1, -0.05) is 30.0 Å². The number of amides is 2. The molecule has 17 heavy (non-hydrogen) atoms. The van der Waals surface area contributed by atoms with Gasteiger partial charge < -0.3 is 10.2 Å². The molecule has 0 spiro atoms. The summed E-state index contributed by atoms with van der Waals surface area (Å²) in [5.74, 6) is 5.92. The van der Waals surface area contributed by atoms with E-state index in [1.54, 1.807) is 4.90 Å². The minimum atomic E-state index is -0.0580. The Morgan fingerprint density at radius 3 is 2.47 bits per heavy atom. The number of benzene rings is 1. The van der Waals surface area contributed by atoms with Gasteiger partial charge in [0.25, 0.3) is 0 Å². The fraction of sp³-hybridized carbons (Fsp3) is 0.357. The van der Waals surface area contributed by atoms with Crippen molar-refractivity contribution in [3.8, 4) is 11.8 Å². The van der Waals surface area contributed by atoms with Gasteiger partial charge in [-0.3, -0.25) is 0 Å². The van der Waals surface area contributed by atoms with Gasteiger partial charge in [0, 0.05) is 18.7 Å². The molecule has 3 nitrogen and oxygen atoms in total. The van der Waals surface area contributed by atoms with Crippen LogP contribution in [0.2, 0.25) is 0 Å². The Hall–Kier alpha value is -1.95. The van der Waals surface area contributed by atoms with Crippen molar-refractivity contribution >= 4 is 6.03 Å². The van der Waals surface area contributed by atoms with E-state index >= 15 is 0 Å². The molecule has 0 saturated heterocycles. The van der Waals surface area contributed by atoms with E-state index < -0.39 is 0 Å². The maximum absolute atomic E-state index is 11.6. The largest absolute Gasteiger partial charge is 0.327 e. The highest BCUT2D eigenvalue weighted by Gasteiger charge is 2.06. The monoisotopic (exact) mass is 230 g/mol. The summed E-state index contributed by atoms with van der Waals surface area (Å²) < 4.78 is 0. The summed E-state index contributed by atoms with van der Waals surface area (Å²) in [6.07, 6.45) is 0. The first kappa shape index (κ1) is 13.1. The van der Waals surface area contributed by atoms with Crippen LogP contribution in [0.3, 0.4) is 0 Å². The molecule has 0 heterocycles. The van der Waals surface area contributed by atoms with E-state index in [2.05, 4.69) is 17.2 Å². The Kier molecular flexibility index (Phi) is 5.67. The summed E-state index contributed by atoms with van der Waals surface area (Å²) >= 11 is 0. The number of rotatable bonds is 3. The predicted molar refractivity (Wildman–Crippen MR) is 69.6 cm³/mol. The van der Waals surface area contributed by atoms with Gasteiger partial charge in [-0.15, -0.1) is 0 Å². The maximum Gasteiger partial charge on any atom is 0.318 e. The highest BCUT2D eigenvalue weighted by molar-refractivity contribution is 5.74. The molecule has 0 aliphatic heterocycles. The maximum atomic E-state index is 11.6. The predicted octanol–water partition coefficient (Wildman–Crippen LogP) is 2.09. The number of urea groups is 1. The van der Waals surface area contributed by atoms with Crippen molar-refractivity contribution < 1.29 is 4.79 Å². The van der Waals surface area contributed by atoms with Crippen LogP contribution in [-0.4, -0.2) is 30.6 Å². The van der Waals surface area contributed by atoms with Crippen molar-refractivity contribution in [2.45, 2.75) is 13.8 Å². The van der Waals surface area contributed by atoms with Crippen molar-refractivity contribution in [1.82, 2.24) is 10.2 Å². The number of nitrogens with one attached hydrogen (secondary N) is 1. The molecular weight excluding hydrogens is 212 g/mol. The Balaban J connectivity index is 2.38. The summed E-state index contributed by atoms with van der Waals surface area (Å²) in [5, 5.41) is 2.77. The van der Waals surface area contributed by atoms with Crippen LogP contribution in [0.4, 0.5) is 4.79 Å². The average molecular weight is 230 g/mol. The first-order valence-corrected chi connectivity index (χ1v) is 5.84. The van der Waals surface area contributed by atoms with E-state index in [4.69, 9.17) is 0 Å². The van der Waals surface area contributed by atoms with E-state index in [1.807, 2.05) is 44.2 Å². The molecule has 0 aliphatic carbocycles. The first-order chi connectivity index (χ1) is 8.27. The lowest BCUT2D eigenvalue weighted by Crippen LogP contribution is -2.39. The summed E-state index contributed by atoms with van der Waals surface area (Å²) in [7, 11) is 0. The molecule has 1 rings (SSSR count). The lowest BCUT2D eigenvalue weighted by atomic mass is 10.2. The standard InChI is InChI=1S/C14H18N2O/c1-3-16(4-2)14(17)15-12-8-11-13-9-6-5-7-10-13/h5-7,9-10H,3-4,12H2,1-2H3,(H,15,17). The fourth-order valence-electron chi connectivity index (χ4n) is 1.41. The quantitative estimate of drug-likeness (QED) is 0.792. The van der Waals surface area contributed by atoms with E-state index in [-0.39, 0.29) is 6.03 Å². The molecule has 0 aromatic heterocycles. The molecule has 90 valence electrons. The molecule has 0 saturated carbocycles. The second kappa shape index (κ2) is 7.34. The zero-order chi connectivity index (χ0) is 12.5. The minimum absolute atomic E-state index is 0.0580. The summed E-state index contributed by atoms with van der Waals surface area (Å²) in [4.78, 5) is 13.3. The van der Waals surface area contributed by atoms with Crippen molar-refractivity contribution in [2.75, 3.05) is 19.6 Å². The lowest BCUT2D eigenvalue weighted by Gasteiger charge is -2.17. The second-order valence-corrected chi connectivity index (χ2v) is 3.50. The van der Waals surface area contributed by atoms with Crippen LogP contribution in [0.5, 0.6) is 0 Å². The Labute approximate surface area is 103 Å². The van der Waals surface area contributed by atoms with Gasteiger partial charge in [0.05, 0.1) is 6.54 Å². The molecule has 1 aromatic rings. The van der Waals surface area contributed by atoms with E-state index in [1.165, 1.54) is 0 Å². The van der Waals surface area contributed by atoms with Crippen LogP contribution in [0.25, 0.3) is 0 Å². The number of hydrogen-bond donors (Lipinski definition) is 1. The third kappa shape index (κ3) is 4.60. The Morgan fingerprint density at radius 1 is 1.24 bits per heavy atom. The normalized spacial score (nSPS) is 9.06. The van der Waals surface area contributed by atoms with Crippen LogP contribution in [0.1, 0.15) is 19.4 Å². The van der Waals surface area contributed by atoms with Crippen LogP contribution in [-0.2, 0) is 0 Å². The molecular formula is C14H18N2O. The first-order valence-electron chi connectivity index (χ1n) is 5.84. The zero-order valence-electron chi connectivity index (χ0n) is 10.4. The van der Waals surface area contributed by atoms with Gasteiger partial charge in [0.15, 0.2) is 0 Å². The summed E-state index contributed by atoms with van der Waals surface area (Å²) in [6.45, 7) is 5.73. The smallest absolute Gasteiger partial charge is 0.318 e. The van der Waals surface area contributed by atoms with Crippen molar-refractivity contribution in [1.29, 1.82) is 0 Å². The fourth-order valence-corrected chi connectivity index (χ4v) is 1.41. The van der Waals surface area contributed by atoms with E-state index in [0.717, 1.165) is 5.56 Å². The SMILES string of the molecule is CCN(CC)C(=O)NCC#Cc1ccccc1. The number of carbonyl (C=O) groups excluding carboxylic acids is 1. The second-order valence-electron chi connectivity index (χ2n) is 3.50. The highest BCUT2D eigenvalue weighted by Crippen LogP contribution is 1.94. The molecule has 0 atom stereocenters. The van der Waals surface area contributed by atoms with Crippen molar-refractivity contribution in [3.05, 3.63) is 35.9 Å². The molecule has 0 bridgehead atoms. The van der Waals surface area contributed by atoms with Crippen molar-refractivity contribution in [2.24, 2.45) is 0 Å².